The average Bonchev–Trinajstić information content (AvgIpc) is 2.52. The van der Waals surface area contributed by atoms with E-state index in [4.69, 9.17) is 4.74 Å². The molecule has 0 aromatic heterocycles. The molecule has 0 atom stereocenters. The number of piperidine rings is 1. The van der Waals surface area contributed by atoms with E-state index in [-0.39, 0.29) is 11.7 Å². The Bertz CT molecular complexity index is 515. The van der Waals surface area contributed by atoms with Crippen molar-refractivity contribution in [3.8, 4) is 5.75 Å². The Kier molecular flexibility index (Phi) is 4.39. The zero-order chi connectivity index (χ0) is 14.7. The van der Waals surface area contributed by atoms with Crippen LogP contribution >= 0.6 is 0 Å². The second-order valence-electron chi connectivity index (χ2n) is 5.74. The van der Waals surface area contributed by atoms with E-state index >= 15 is 0 Å². The molecule has 2 heterocycles. The number of halogens is 1. The minimum Gasteiger partial charge on any atom is -0.489 e. The summed E-state index contributed by atoms with van der Waals surface area (Å²) in [7, 11) is 0. The van der Waals surface area contributed by atoms with Crippen molar-refractivity contribution in [2.75, 3.05) is 31.1 Å². The predicted octanol–water partition coefficient (Wildman–Crippen LogP) is 2.33. The molecule has 1 saturated heterocycles. The highest BCUT2D eigenvalue weighted by molar-refractivity contribution is 5.95. The molecule has 1 fully saturated rings. The number of hydrogen-bond donors (Lipinski definition) is 1. The van der Waals surface area contributed by atoms with Crippen LogP contribution in [0.2, 0.25) is 0 Å². The molecule has 3 rings (SSSR count). The van der Waals surface area contributed by atoms with Gasteiger partial charge < -0.3 is 15.0 Å². The number of nitrogens with zero attached hydrogens (tertiary/aromatic N) is 1. The molecule has 1 N–H and O–H groups in total. The summed E-state index contributed by atoms with van der Waals surface area (Å²) in [6.07, 6.45) is 3.80. The smallest absolute Gasteiger partial charge is 0.227 e. The first-order valence-electron chi connectivity index (χ1n) is 7.67. The van der Waals surface area contributed by atoms with Crippen LogP contribution in [0.3, 0.4) is 0 Å². The number of amides is 1. The van der Waals surface area contributed by atoms with Crippen molar-refractivity contribution in [2.45, 2.75) is 25.7 Å². The molecule has 2 aliphatic heterocycles. The third-order valence-corrected chi connectivity index (χ3v) is 4.31. The van der Waals surface area contributed by atoms with Crippen LogP contribution < -0.4 is 15.0 Å². The molecule has 0 unspecified atom stereocenters. The van der Waals surface area contributed by atoms with Crippen LogP contribution in [-0.4, -0.2) is 32.1 Å². The highest BCUT2D eigenvalue weighted by atomic mass is 19.1. The zero-order valence-electron chi connectivity index (χ0n) is 12.1. The van der Waals surface area contributed by atoms with Gasteiger partial charge >= 0.3 is 0 Å². The van der Waals surface area contributed by atoms with Crippen LogP contribution in [0, 0.1) is 11.7 Å². The third-order valence-electron chi connectivity index (χ3n) is 4.31. The number of nitrogens with one attached hydrogen (secondary N) is 1. The van der Waals surface area contributed by atoms with E-state index in [1.807, 2.05) is 0 Å². The predicted molar refractivity (Wildman–Crippen MR) is 79.1 cm³/mol. The SMILES string of the molecule is O=C(CCC1CCNCC1)N1CCOc2cc(F)ccc21. The van der Waals surface area contributed by atoms with E-state index in [9.17, 15) is 9.18 Å². The maximum atomic E-state index is 13.2. The van der Waals surface area contributed by atoms with Gasteiger partial charge in [0.15, 0.2) is 0 Å². The molecule has 1 amide bonds. The van der Waals surface area contributed by atoms with Gasteiger partial charge in [-0.2, -0.15) is 0 Å². The van der Waals surface area contributed by atoms with Crippen LogP contribution in [-0.2, 0) is 4.79 Å². The van der Waals surface area contributed by atoms with Crippen LogP contribution in [0.4, 0.5) is 10.1 Å². The van der Waals surface area contributed by atoms with Gasteiger partial charge in [-0.05, 0) is 50.4 Å². The molecule has 0 spiro atoms. The van der Waals surface area contributed by atoms with Crippen LogP contribution in [0.15, 0.2) is 18.2 Å². The van der Waals surface area contributed by atoms with Crippen molar-refractivity contribution in [3.05, 3.63) is 24.0 Å². The number of carbonyl (C=O) groups excluding carboxylic acids is 1. The monoisotopic (exact) mass is 292 g/mol. The summed E-state index contributed by atoms with van der Waals surface area (Å²) in [5.74, 6) is 0.892. The Morgan fingerprint density at radius 2 is 2.19 bits per heavy atom. The third kappa shape index (κ3) is 3.35. The summed E-state index contributed by atoms with van der Waals surface area (Å²) in [4.78, 5) is 14.2. The molecule has 5 heteroatoms. The highest BCUT2D eigenvalue weighted by Crippen LogP contribution is 2.33. The fourth-order valence-electron chi connectivity index (χ4n) is 3.09. The highest BCUT2D eigenvalue weighted by Gasteiger charge is 2.24. The summed E-state index contributed by atoms with van der Waals surface area (Å²) >= 11 is 0. The van der Waals surface area contributed by atoms with Gasteiger partial charge in [-0.3, -0.25) is 4.79 Å². The molecule has 1 aromatic carbocycles. The van der Waals surface area contributed by atoms with Gasteiger partial charge in [0, 0.05) is 12.5 Å². The van der Waals surface area contributed by atoms with Gasteiger partial charge in [0.25, 0.3) is 0 Å². The van der Waals surface area contributed by atoms with Gasteiger partial charge in [0.05, 0.1) is 12.2 Å². The largest absolute Gasteiger partial charge is 0.489 e. The lowest BCUT2D eigenvalue weighted by Gasteiger charge is -2.30. The van der Waals surface area contributed by atoms with Gasteiger partial charge in [-0.15, -0.1) is 0 Å². The van der Waals surface area contributed by atoms with Gasteiger partial charge in [-0.1, -0.05) is 0 Å². The molecule has 4 nitrogen and oxygen atoms in total. The average molecular weight is 292 g/mol. The number of rotatable bonds is 3. The molecule has 1 aromatic rings. The molecule has 0 bridgehead atoms. The Balaban J connectivity index is 1.63. The number of anilines is 1. The quantitative estimate of drug-likeness (QED) is 0.929. The maximum absolute atomic E-state index is 13.2. The van der Waals surface area contributed by atoms with Gasteiger partial charge in [-0.25, -0.2) is 4.39 Å². The number of benzene rings is 1. The van der Waals surface area contributed by atoms with Crippen molar-refractivity contribution in [2.24, 2.45) is 5.92 Å². The second-order valence-corrected chi connectivity index (χ2v) is 5.74. The molecular weight excluding hydrogens is 271 g/mol. The molecular formula is C16H21FN2O2. The minimum atomic E-state index is -0.335. The Hall–Kier alpha value is -1.62. The number of hydrogen-bond acceptors (Lipinski definition) is 3. The molecule has 114 valence electrons. The van der Waals surface area contributed by atoms with E-state index in [0.717, 1.165) is 32.4 Å². The summed E-state index contributed by atoms with van der Waals surface area (Å²) < 4.78 is 18.7. The van der Waals surface area contributed by atoms with E-state index in [1.54, 1.807) is 11.0 Å². The fraction of sp³-hybridized carbons (Fsp3) is 0.562. The van der Waals surface area contributed by atoms with Crippen LogP contribution in [0.25, 0.3) is 0 Å². The van der Waals surface area contributed by atoms with E-state index in [1.165, 1.54) is 12.1 Å². The van der Waals surface area contributed by atoms with Gasteiger partial charge in [0.1, 0.15) is 18.2 Å². The maximum Gasteiger partial charge on any atom is 0.227 e. The van der Waals surface area contributed by atoms with E-state index < -0.39 is 0 Å². The fourth-order valence-corrected chi connectivity index (χ4v) is 3.09. The summed E-state index contributed by atoms with van der Waals surface area (Å²) in [6, 6.07) is 4.36. The molecule has 0 radical (unpaired) electrons. The zero-order valence-corrected chi connectivity index (χ0v) is 12.1. The lowest BCUT2D eigenvalue weighted by Crippen LogP contribution is -2.38. The van der Waals surface area contributed by atoms with Crippen molar-refractivity contribution in [3.63, 3.8) is 0 Å². The summed E-state index contributed by atoms with van der Waals surface area (Å²) in [5.41, 5.74) is 0.693. The molecule has 0 saturated carbocycles. The second kappa shape index (κ2) is 6.43. The number of fused-ring (bicyclic) bond motifs is 1. The molecule has 2 aliphatic rings. The minimum absolute atomic E-state index is 0.115. The number of ether oxygens (including phenoxy) is 1. The molecule has 0 aliphatic carbocycles. The van der Waals surface area contributed by atoms with Crippen LogP contribution in [0.5, 0.6) is 5.75 Å². The van der Waals surface area contributed by atoms with Crippen LogP contribution in [0.1, 0.15) is 25.7 Å². The first-order valence-corrected chi connectivity index (χ1v) is 7.67. The van der Waals surface area contributed by atoms with Crippen molar-refractivity contribution in [1.29, 1.82) is 0 Å². The van der Waals surface area contributed by atoms with Gasteiger partial charge in [0.2, 0.25) is 5.91 Å². The summed E-state index contributed by atoms with van der Waals surface area (Å²) in [5, 5.41) is 3.34. The number of carbonyl (C=O) groups is 1. The molecule has 21 heavy (non-hydrogen) atoms. The summed E-state index contributed by atoms with van der Waals surface area (Å²) in [6.45, 7) is 3.08. The lowest BCUT2D eigenvalue weighted by atomic mass is 9.93. The lowest BCUT2D eigenvalue weighted by molar-refractivity contribution is -0.119. The Morgan fingerprint density at radius 1 is 1.38 bits per heavy atom. The first-order chi connectivity index (χ1) is 10.2. The van der Waals surface area contributed by atoms with E-state index in [2.05, 4.69) is 5.32 Å². The van der Waals surface area contributed by atoms with Crippen molar-refractivity contribution < 1.29 is 13.9 Å². The first kappa shape index (κ1) is 14.3. The standard InChI is InChI=1S/C16H21FN2O2/c17-13-2-3-14-15(11-13)21-10-9-19(14)16(20)4-1-12-5-7-18-8-6-12/h2-3,11-12,18H,1,4-10H2. The Labute approximate surface area is 124 Å². The topological polar surface area (TPSA) is 41.6 Å². The normalized spacial score (nSPS) is 19.0. The van der Waals surface area contributed by atoms with Crippen molar-refractivity contribution in [1.82, 2.24) is 5.32 Å². The van der Waals surface area contributed by atoms with E-state index in [0.29, 0.717) is 36.9 Å². The Morgan fingerprint density at radius 3 is 3.00 bits per heavy atom. The van der Waals surface area contributed by atoms with Crippen molar-refractivity contribution >= 4 is 11.6 Å².